The van der Waals surface area contributed by atoms with Crippen LogP contribution in [0, 0.1) is 23.7 Å². The second kappa shape index (κ2) is 3.78. The molecule has 12 heavy (non-hydrogen) atoms. The van der Waals surface area contributed by atoms with E-state index in [1.165, 1.54) is 0 Å². The van der Waals surface area contributed by atoms with Crippen LogP contribution in [0.4, 0.5) is 0 Å². The Labute approximate surface area is 76.5 Å². The maximum atomic E-state index is 5.80. The van der Waals surface area contributed by atoms with Crippen LogP contribution in [-0.4, -0.2) is 12.7 Å². The van der Waals surface area contributed by atoms with E-state index >= 15 is 0 Å². The molecule has 0 amide bonds. The summed E-state index contributed by atoms with van der Waals surface area (Å²) in [7, 11) is 0. The van der Waals surface area contributed by atoms with Crippen LogP contribution in [0.3, 0.4) is 0 Å². The molecule has 1 nitrogen and oxygen atoms in total. The zero-order valence-electron chi connectivity index (χ0n) is 9.00. The molecule has 0 aromatic rings. The van der Waals surface area contributed by atoms with Crippen LogP contribution in [0.25, 0.3) is 0 Å². The summed E-state index contributed by atoms with van der Waals surface area (Å²) in [4.78, 5) is 0. The first-order valence-electron chi connectivity index (χ1n) is 5.15. The van der Waals surface area contributed by atoms with Gasteiger partial charge < -0.3 is 4.74 Å². The summed E-state index contributed by atoms with van der Waals surface area (Å²) < 4.78 is 5.80. The largest absolute Gasteiger partial charge is 0.377 e. The summed E-state index contributed by atoms with van der Waals surface area (Å²) in [6.07, 6.45) is 0.500. The summed E-state index contributed by atoms with van der Waals surface area (Å²) in [6.45, 7) is 12.4. The van der Waals surface area contributed by atoms with Gasteiger partial charge in [-0.1, -0.05) is 34.6 Å². The van der Waals surface area contributed by atoms with Gasteiger partial charge in [-0.05, 0) is 23.7 Å². The van der Waals surface area contributed by atoms with Crippen molar-refractivity contribution in [2.45, 2.75) is 40.7 Å². The third kappa shape index (κ3) is 1.82. The minimum Gasteiger partial charge on any atom is -0.377 e. The summed E-state index contributed by atoms with van der Waals surface area (Å²) in [6, 6.07) is 0. The fourth-order valence-corrected chi connectivity index (χ4v) is 2.48. The molecule has 0 aliphatic carbocycles. The second-order valence-corrected chi connectivity index (χ2v) is 4.84. The molecule has 0 aromatic heterocycles. The fourth-order valence-electron chi connectivity index (χ4n) is 2.48. The Balaban J connectivity index is 2.64. The van der Waals surface area contributed by atoms with Gasteiger partial charge in [0, 0.05) is 6.61 Å². The van der Waals surface area contributed by atoms with Gasteiger partial charge in [0.25, 0.3) is 0 Å². The maximum absolute atomic E-state index is 5.80. The standard InChI is InChI=1S/C11H22O/c1-7(2)10-9(5)6-12-11(10)8(3)4/h7-11H,6H2,1-5H3. The number of ether oxygens (including phenoxy) is 1. The highest BCUT2D eigenvalue weighted by molar-refractivity contribution is 4.85. The molecule has 1 heterocycles. The van der Waals surface area contributed by atoms with Crippen LogP contribution in [0.1, 0.15) is 34.6 Å². The van der Waals surface area contributed by atoms with E-state index in [1.54, 1.807) is 0 Å². The summed E-state index contributed by atoms with van der Waals surface area (Å²) in [5, 5.41) is 0. The summed E-state index contributed by atoms with van der Waals surface area (Å²) >= 11 is 0. The number of rotatable bonds is 2. The number of hydrogen-bond acceptors (Lipinski definition) is 1. The highest BCUT2D eigenvalue weighted by atomic mass is 16.5. The molecule has 1 fully saturated rings. The van der Waals surface area contributed by atoms with Gasteiger partial charge >= 0.3 is 0 Å². The zero-order chi connectivity index (χ0) is 9.30. The molecule has 72 valence electrons. The average molecular weight is 170 g/mol. The van der Waals surface area contributed by atoms with Gasteiger partial charge in [0.1, 0.15) is 0 Å². The molecule has 0 saturated carbocycles. The molecule has 0 N–H and O–H groups in total. The quantitative estimate of drug-likeness (QED) is 0.619. The summed E-state index contributed by atoms with van der Waals surface area (Å²) in [5.74, 6) is 2.94. The van der Waals surface area contributed by atoms with Crippen molar-refractivity contribution in [1.29, 1.82) is 0 Å². The highest BCUT2D eigenvalue weighted by Gasteiger charge is 2.37. The minimum absolute atomic E-state index is 0.500. The molecule has 0 radical (unpaired) electrons. The lowest BCUT2D eigenvalue weighted by Gasteiger charge is -2.27. The van der Waals surface area contributed by atoms with Crippen molar-refractivity contribution in [3.05, 3.63) is 0 Å². The van der Waals surface area contributed by atoms with E-state index < -0.39 is 0 Å². The van der Waals surface area contributed by atoms with Gasteiger partial charge in [-0.25, -0.2) is 0 Å². The molecular formula is C11H22O. The Morgan fingerprint density at radius 1 is 1.08 bits per heavy atom. The molecule has 0 spiro atoms. The van der Waals surface area contributed by atoms with E-state index in [0.717, 1.165) is 24.4 Å². The fraction of sp³-hybridized carbons (Fsp3) is 1.00. The lowest BCUT2D eigenvalue weighted by atomic mass is 9.79. The average Bonchev–Trinajstić information content (AvgIpc) is 2.30. The van der Waals surface area contributed by atoms with Crippen molar-refractivity contribution in [1.82, 2.24) is 0 Å². The molecule has 0 aromatic carbocycles. The van der Waals surface area contributed by atoms with Gasteiger partial charge in [0.05, 0.1) is 6.10 Å². The second-order valence-electron chi connectivity index (χ2n) is 4.84. The van der Waals surface area contributed by atoms with Crippen molar-refractivity contribution >= 4 is 0 Å². The third-order valence-electron chi connectivity index (χ3n) is 3.01. The van der Waals surface area contributed by atoms with E-state index in [1.807, 2.05) is 0 Å². The predicted octanol–water partition coefficient (Wildman–Crippen LogP) is 2.95. The Bertz CT molecular complexity index is 140. The topological polar surface area (TPSA) is 9.23 Å². The molecule has 1 saturated heterocycles. The van der Waals surface area contributed by atoms with Crippen molar-refractivity contribution in [3.8, 4) is 0 Å². The Morgan fingerprint density at radius 2 is 1.67 bits per heavy atom. The van der Waals surface area contributed by atoms with Crippen LogP contribution in [0.5, 0.6) is 0 Å². The maximum Gasteiger partial charge on any atom is 0.0632 e. The molecule has 3 atom stereocenters. The molecule has 0 bridgehead atoms. The van der Waals surface area contributed by atoms with E-state index in [9.17, 15) is 0 Å². The molecule has 1 heteroatoms. The molecule has 1 aliphatic rings. The lowest BCUT2D eigenvalue weighted by molar-refractivity contribution is 0.0434. The van der Waals surface area contributed by atoms with Crippen molar-refractivity contribution < 1.29 is 4.74 Å². The summed E-state index contributed by atoms with van der Waals surface area (Å²) in [5.41, 5.74) is 0. The van der Waals surface area contributed by atoms with E-state index in [4.69, 9.17) is 4.74 Å². The van der Waals surface area contributed by atoms with Crippen LogP contribution in [0.2, 0.25) is 0 Å². The van der Waals surface area contributed by atoms with Gasteiger partial charge in [-0.3, -0.25) is 0 Å². The van der Waals surface area contributed by atoms with E-state index in [-0.39, 0.29) is 0 Å². The lowest BCUT2D eigenvalue weighted by Crippen LogP contribution is -2.28. The monoisotopic (exact) mass is 170 g/mol. The van der Waals surface area contributed by atoms with Gasteiger partial charge in [-0.15, -0.1) is 0 Å². The molecular weight excluding hydrogens is 148 g/mol. The first-order valence-corrected chi connectivity index (χ1v) is 5.15. The first-order chi connectivity index (χ1) is 5.54. The Kier molecular flexibility index (Phi) is 3.16. The van der Waals surface area contributed by atoms with Gasteiger partial charge in [0.2, 0.25) is 0 Å². The molecule has 1 aliphatic heterocycles. The smallest absolute Gasteiger partial charge is 0.0632 e. The van der Waals surface area contributed by atoms with Gasteiger partial charge in [-0.2, -0.15) is 0 Å². The molecule has 3 unspecified atom stereocenters. The number of hydrogen-bond donors (Lipinski definition) is 0. The predicted molar refractivity (Wildman–Crippen MR) is 52.1 cm³/mol. The van der Waals surface area contributed by atoms with Crippen LogP contribution in [0.15, 0.2) is 0 Å². The normalized spacial score (nSPS) is 36.8. The van der Waals surface area contributed by atoms with Crippen LogP contribution in [-0.2, 0) is 4.74 Å². The van der Waals surface area contributed by atoms with Crippen molar-refractivity contribution in [3.63, 3.8) is 0 Å². The van der Waals surface area contributed by atoms with E-state index in [0.29, 0.717) is 12.0 Å². The van der Waals surface area contributed by atoms with Crippen molar-refractivity contribution in [2.24, 2.45) is 23.7 Å². The molecule has 1 rings (SSSR count). The third-order valence-corrected chi connectivity index (χ3v) is 3.01. The minimum atomic E-state index is 0.500. The van der Waals surface area contributed by atoms with Crippen LogP contribution >= 0.6 is 0 Å². The van der Waals surface area contributed by atoms with E-state index in [2.05, 4.69) is 34.6 Å². The zero-order valence-corrected chi connectivity index (χ0v) is 9.00. The Hall–Kier alpha value is -0.0400. The van der Waals surface area contributed by atoms with Gasteiger partial charge in [0.15, 0.2) is 0 Å². The highest BCUT2D eigenvalue weighted by Crippen LogP contribution is 2.36. The first kappa shape index (κ1) is 10.0. The van der Waals surface area contributed by atoms with Crippen molar-refractivity contribution in [2.75, 3.05) is 6.61 Å². The Morgan fingerprint density at radius 3 is 2.00 bits per heavy atom. The van der Waals surface area contributed by atoms with Crippen LogP contribution < -0.4 is 0 Å². The SMILES string of the molecule is CC(C)C1OCC(C)C1C(C)C.